The summed E-state index contributed by atoms with van der Waals surface area (Å²) in [6, 6.07) is 28.6. The van der Waals surface area contributed by atoms with Crippen molar-refractivity contribution in [3.05, 3.63) is 102 Å². The molecule has 29 heavy (non-hydrogen) atoms. The van der Waals surface area contributed by atoms with Crippen molar-refractivity contribution in [1.82, 2.24) is 4.57 Å². The first-order valence-corrected chi connectivity index (χ1v) is 9.86. The molecule has 0 amide bonds. The van der Waals surface area contributed by atoms with Crippen LogP contribution in [0.4, 0.5) is 5.82 Å². The van der Waals surface area contributed by atoms with Gasteiger partial charge < -0.3 is 15.0 Å². The fourth-order valence-electron chi connectivity index (χ4n) is 3.81. The summed E-state index contributed by atoms with van der Waals surface area (Å²) in [5, 5.41) is 14.1. The number of fused-ring (bicyclic) bond motifs is 1. The molecule has 0 saturated carbocycles. The summed E-state index contributed by atoms with van der Waals surface area (Å²) < 4.78 is 2.20. The van der Waals surface area contributed by atoms with Crippen molar-refractivity contribution in [1.29, 1.82) is 0 Å². The molecular weight excluding hydrogens is 360 g/mol. The molecule has 0 aliphatic heterocycles. The maximum absolute atomic E-state index is 11.6. The molecule has 146 valence electrons. The van der Waals surface area contributed by atoms with Gasteiger partial charge in [-0.15, -0.1) is 0 Å². The Morgan fingerprint density at radius 2 is 1.45 bits per heavy atom. The Labute approximate surface area is 170 Å². The first-order valence-electron chi connectivity index (χ1n) is 9.86. The highest BCUT2D eigenvalue weighted by Gasteiger charge is 2.19. The number of nitrogens with one attached hydrogen (secondary N) is 1. The molecule has 3 aromatic carbocycles. The molecule has 4 heteroatoms. The largest absolute Gasteiger partial charge is 0.481 e. The van der Waals surface area contributed by atoms with Gasteiger partial charge in [-0.1, -0.05) is 78.9 Å². The van der Waals surface area contributed by atoms with Crippen LogP contribution in [0.25, 0.3) is 10.9 Å². The lowest BCUT2D eigenvalue weighted by atomic mass is 10.1. The average Bonchev–Trinajstić information content (AvgIpc) is 3.02. The zero-order valence-corrected chi connectivity index (χ0v) is 16.2. The van der Waals surface area contributed by atoms with Gasteiger partial charge in [0.25, 0.3) is 0 Å². The van der Waals surface area contributed by atoms with E-state index in [-0.39, 0.29) is 6.42 Å². The third-order valence-corrected chi connectivity index (χ3v) is 5.14. The lowest BCUT2D eigenvalue weighted by molar-refractivity contribution is -0.136. The first kappa shape index (κ1) is 18.8. The molecule has 2 N–H and O–H groups in total. The fourth-order valence-corrected chi connectivity index (χ4v) is 3.81. The number of carboxylic acids is 1. The SMILES string of the molecule is O=C(O)Cc1c(NCCc2ccccc2)n(Cc2ccccc2)c2ccccc12. The number of aliphatic carboxylic acids is 1. The first-order chi connectivity index (χ1) is 14.2. The summed E-state index contributed by atoms with van der Waals surface area (Å²) in [5.41, 5.74) is 4.33. The van der Waals surface area contributed by atoms with E-state index < -0.39 is 5.97 Å². The van der Waals surface area contributed by atoms with E-state index in [2.05, 4.69) is 40.2 Å². The minimum Gasteiger partial charge on any atom is -0.481 e. The van der Waals surface area contributed by atoms with E-state index >= 15 is 0 Å². The second kappa shape index (κ2) is 8.65. The van der Waals surface area contributed by atoms with E-state index in [1.54, 1.807) is 0 Å². The number of anilines is 1. The van der Waals surface area contributed by atoms with Crippen LogP contribution >= 0.6 is 0 Å². The Kier molecular flexibility index (Phi) is 5.61. The zero-order chi connectivity index (χ0) is 20.1. The maximum atomic E-state index is 11.6. The molecule has 0 fully saturated rings. The topological polar surface area (TPSA) is 54.3 Å². The number of para-hydroxylation sites is 1. The van der Waals surface area contributed by atoms with Crippen molar-refractivity contribution in [2.24, 2.45) is 0 Å². The van der Waals surface area contributed by atoms with Crippen LogP contribution < -0.4 is 5.32 Å². The van der Waals surface area contributed by atoms with E-state index in [9.17, 15) is 9.90 Å². The minimum atomic E-state index is -0.821. The highest BCUT2D eigenvalue weighted by atomic mass is 16.4. The Bertz CT molecular complexity index is 1100. The number of carboxylic acid groups (broad SMARTS) is 1. The molecule has 0 radical (unpaired) electrons. The lowest BCUT2D eigenvalue weighted by Gasteiger charge is -2.14. The van der Waals surface area contributed by atoms with Crippen LogP contribution in [-0.2, 0) is 24.2 Å². The van der Waals surface area contributed by atoms with Crippen LogP contribution in [0, 0.1) is 0 Å². The lowest BCUT2D eigenvalue weighted by Crippen LogP contribution is -2.13. The highest BCUT2D eigenvalue weighted by molar-refractivity contribution is 5.93. The fraction of sp³-hybridized carbons (Fsp3) is 0.160. The number of carbonyl (C=O) groups is 1. The molecule has 0 saturated heterocycles. The summed E-state index contributed by atoms with van der Waals surface area (Å²) >= 11 is 0. The Morgan fingerprint density at radius 1 is 0.828 bits per heavy atom. The predicted octanol–water partition coefficient (Wildman–Crippen LogP) is 4.97. The molecule has 4 rings (SSSR count). The van der Waals surface area contributed by atoms with Gasteiger partial charge in [0.15, 0.2) is 0 Å². The van der Waals surface area contributed by atoms with Gasteiger partial charge in [-0.2, -0.15) is 0 Å². The molecular formula is C25H24N2O2. The number of hydrogen-bond acceptors (Lipinski definition) is 2. The third kappa shape index (κ3) is 4.32. The molecule has 1 heterocycles. The summed E-state index contributed by atoms with van der Waals surface area (Å²) in [4.78, 5) is 11.6. The normalized spacial score (nSPS) is 10.9. The van der Waals surface area contributed by atoms with Gasteiger partial charge in [-0.05, 0) is 23.6 Å². The van der Waals surface area contributed by atoms with Gasteiger partial charge in [0.1, 0.15) is 5.82 Å². The predicted molar refractivity (Wildman–Crippen MR) is 117 cm³/mol. The van der Waals surface area contributed by atoms with E-state index in [0.29, 0.717) is 6.54 Å². The van der Waals surface area contributed by atoms with E-state index in [1.165, 1.54) is 11.1 Å². The van der Waals surface area contributed by atoms with Gasteiger partial charge in [0, 0.05) is 24.0 Å². The Morgan fingerprint density at radius 3 is 2.14 bits per heavy atom. The number of hydrogen-bond donors (Lipinski definition) is 2. The highest BCUT2D eigenvalue weighted by Crippen LogP contribution is 2.32. The number of aromatic nitrogens is 1. The maximum Gasteiger partial charge on any atom is 0.307 e. The summed E-state index contributed by atoms with van der Waals surface area (Å²) in [6.07, 6.45) is 0.871. The van der Waals surface area contributed by atoms with Crippen molar-refractivity contribution in [3.8, 4) is 0 Å². The standard InChI is InChI=1S/C25H24N2O2/c28-24(29)17-22-21-13-7-8-14-23(21)27(18-20-11-5-2-6-12-20)25(22)26-16-15-19-9-3-1-4-10-19/h1-14,26H,15-18H2,(H,28,29). The summed E-state index contributed by atoms with van der Waals surface area (Å²) in [7, 11) is 0. The second-order valence-corrected chi connectivity index (χ2v) is 7.15. The molecule has 4 aromatic rings. The van der Waals surface area contributed by atoms with Crippen LogP contribution in [0.2, 0.25) is 0 Å². The quantitative estimate of drug-likeness (QED) is 0.451. The van der Waals surface area contributed by atoms with E-state index in [4.69, 9.17) is 0 Å². The van der Waals surface area contributed by atoms with E-state index in [0.717, 1.165) is 35.2 Å². The third-order valence-electron chi connectivity index (χ3n) is 5.14. The van der Waals surface area contributed by atoms with Crippen molar-refractivity contribution in [2.45, 2.75) is 19.4 Å². The second-order valence-electron chi connectivity index (χ2n) is 7.15. The number of rotatable bonds is 8. The monoisotopic (exact) mass is 384 g/mol. The van der Waals surface area contributed by atoms with Crippen LogP contribution in [0.1, 0.15) is 16.7 Å². The number of benzene rings is 3. The smallest absolute Gasteiger partial charge is 0.307 e. The van der Waals surface area contributed by atoms with Gasteiger partial charge in [0.2, 0.25) is 0 Å². The van der Waals surface area contributed by atoms with Crippen LogP contribution in [0.3, 0.4) is 0 Å². The molecule has 0 aliphatic rings. The van der Waals surface area contributed by atoms with Gasteiger partial charge in [0.05, 0.1) is 11.9 Å². The van der Waals surface area contributed by atoms with Crippen molar-refractivity contribution >= 4 is 22.7 Å². The van der Waals surface area contributed by atoms with Crippen molar-refractivity contribution in [2.75, 3.05) is 11.9 Å². The average molecular weight is 384 g/mol. The Hall–Kier alpha value is -3.53. The summed E-state index contributed by atoms with van der Waals surface area (Å²) in [5.74, 6) is 0.0760. The van der Waals surface area contributed by atoms with Gasteiger partial charge in [-0.3, -0.25) is 4.79 Å². The van der Waals surface area contributed by atoms with Gasteiger partial charge >= 0.3 is 5.97 Å². The van der Waals surface area contributed by atoms with Gasteiger partial charge in [-0.25, -0.2) is 0 Å². The molecule has 4 nitrogen and oxygen atoms in total. The zero-order valence-electron chi connectivity index (χ0n) is 16.2. The molecule has 0 bridgehead atoms. The minimum absolute atomic E-state index is 0.00399. The van der Waals surface area contributed by atoms with E-state index in [1.807, 2.05) is 54.6 Å². The molecule has 0 unspecified atom stereocenters. The molecule has 0 atom stereocenters. The summed E-state index contributed by atoms with van der Waals surface area (Å²) in [6.45, 7) is 1.43. The van der Waals surface area contributed by atoms with Crippen LogP contribution in [0.5, 0.6) is 0 Å². The number of nitrogens with zero attached hydrogens (tertiary/aromatic N) is 1. The molecule has 0 aliphatic carbocycles. The van der Waals surface area contributed by atoms with Crippen molar-refractivity contribution in [3.63, 3.8) is 0 Å². The van der Waals surface area contributed by atoms with Crippen molar-refractivity contribution < 1.29 is 9.90 Å². The molecule has 0 spiro atoms. The molecule has 1 aromatic heterocycles. The van der Waals surface area contributed by atoms with Crippen LogP contribution in [-0.4, -0.2) is 22.2 Å². The van der Waals surface area contributed by atoms with Crippen LogP contribution in [0.15, 0.2) is 84.9 Å². The Balaban J connectivity index is 1.72.